The molecule has 1 aromatic heterocycles. The summed E-state index contributed by atoms with van der Waals surface area (Å²) < 4.78 is 61.7. The monoisotopic (exact) mass is 556 g/mol. The fourth-order valence-electron chi connectivity index (χ4n) is 2.34. The van der Waals surface area contributed by atoms with Crippen LogP contribution in [-0.2, 0) is 10.1 Å². The van der Waals surface area contributed by atoms with Gasteiger partial charge in [-0.25, -0.2) is 8.42 Å². The number of thiophene rings is 1. The molecule has 3 rings (SSSR count). The highest BCUT2D eigenvalue weighted by Gasteiger charge is 2.37. The summed E-state index contributed by atoms with van der Waals surface area (Å²) in [4.78, 5) is 13.6. The quantitative estimate of drug-likeness (QED) is 0.189. The Morgan fingerprint density at radius 1 is 1.17 bits per heavy atom. The number of hydrogen-bond acceptors (Lipinski definition) is 5. The molecule has 0 N–H and O–H groups in total. The zero-order valence-corrected chi connectivity index (χ0v) is 18.8. The van der Waals surface area contributed by atoms with Gasteiger partial charge in [0.2, 0.25) is 5.78 Å². The van der Waals surface area contributed by atoms with Gasteiger partial charge in [0, 0.05) is 5.92 Å². The molecule has 29 heavy (non-hydrogen) atoms. The second kappa shape index (κ2) is 10.0. The van der Waals surface area contributed by atoms with E-state index in [4.69, 9.17) is 13.0 Å². The first-order chi connectivity index (χ1) is 13.5. The zero-order valence-electron chi connectivity index (χ0n) is 15.0. The molecule has 1 aromatic carbocycles. The van der Waals surface area contributed by atoms with Crippen molar-refractivity contribution in [1.29, 1.82) is 0 Å². The van der Waals surface area contributed by atoms with Crippen molar-refractivity contribution in [2.24, 2.45) is 5.92 Å². The van der Waals surface area contributed by atoms with Crippen molar-refractivity contribution in [2.45, 2.75) is 18.9 Å². The van der Waals surface area contributed by atoms with Crippen LogP contribution in [0.2, 0.25) is 0 Å². The van der Waals surface area contributed by atoms with Gasteiger partial charge in [-0.2, -0.15) is 13.2 Å². The van der Waals surface area contributed by atoms with Crippen LogP contribution in [0.5, 0.6) is 0 Å². The highest BCUT2D eigenvalue weighted by Crippen LogP contribution is 2.24. The molecule has 0 bridgehead atoms. The lowest BCUT2D eigenvalue weighted by molar-refractivity contribution is -0.582. The smallest absolute Gasteiger partial charge is 0.485 e. The molecule has 1 heterocycles. The van der Waals surface area contributed by atoms with Gasteiger partial charge in [-0.3, -0.25) is 4.79 Å². The van der Waals surface area contributed by atoms with Crippen LogP contribution in [0.25, 0.3) is 0 Å². The Bertz CT molecular complexity index is 996. The number of halogens is 4. The van der Waals surface area contributed by atoms with Crippen LogP contribution in [-0.4, -0.2) is 24.3 Å². The maximum absolute atomic E-state index is 12.7. The molecular formula is C19H16F3IO4S2. The van der Waals surface area contributed by atoms with E-state index in [9.17, 15) is 18.0 Å². The van der Waals surface area contributed by atoms with Gasteiger partial charge >= 0.3 is 26.7 Å². The first kappa shape index (κ1) is 23.8. The molecule has 0 saturated carbocycles. The number of Topliss-reactive ketones (excluding diaryl/α,β-unsaturated/α-hetero) is 1. The van der Waals surface area contributed by atoms with E-state index >= 15 is 0 Å². The summed E-state index contributed by atoms with van der Waals surface area (Å²) in [5.74, 6) is 0.609. The molecule has 1 atom stereocenters. The molecule has 0 aliphatic heterocycles. The standard InChI is InChI=1S/C18H16IOS.CHF3O3S/c1-13-7-5-10-15(18(20)16-11-6-12-21-16)17(13)19-14-8-3-2-4-9-14;2-1(3,4)8(5,6)7/h2-9,11-13H,10H2,1H3;(H,5,6,7)/q+1;/p-1. The second-order valence-electron chi connectivity index (χ2n) is 5.84. The Balaban J connectivity index is 0.000000321. The Morgan fingerprint density at radius 3 is 2.31 bits per heavy atom. The molecule has 1 aliphatic rings. The Morgan fingerprint density at radius 2 is 1.79 bits per heavy atom. The molecule has 1 unspecified atom stereocenters. The van der Waals surface area contributed by atoms with E-state index in [1.807, 2.05) is 23.6 Å². The Kier molecular flexibility index (Phi) is 8.20. The topological polar surface area (TPSA) is 74.3 Å². The van der Waals surface area contributed by atoms with E-state index in [2.05, 4.69) is 43.3 Å². The number of benzene rings is 1. The Labute approximate surface area is 181 Å². The SMILES string of the molecule is CC1C=CCC(C(=O)c2cccs2)=C1[I+]c1ccccc1.O=S(=O)([O-])C(F)(F)F. The molecular weight excluding hydrogens is 540 g/mol. The Hall–Kier alpha value is -1.50. The lowest BCUT2D eigenvalue weighted by Crippen LogP contribution is -3.61. The molecule has 2 aromatic rings. The van der Waals surface area contributed by atoms with Crippen LogP contribution in [0.1, 0.15) is 23.0 Å². The number of carbonyl (C=O) groups excluding carboxylic acids is 1. The molecule has 1 aliphatic carbocycles. The maximum atomic E-state index is 12.7. The minimum absolute atomic E-state index is 0.229. The van der Waals surface area contributed by atoms with Crippen molar-refractivity contribution in [2.75, 3.05) is 0 Å². The van der Waals surface area contributed by atoms with Gasteiger partial charge in [0.05, 0.1) is 10.5 Å². The molecule has 10 heteroatoms. The van der Waals surface area contributed by atoms with Crippen LogP contribution in [0.3, 0.4) is 0 Å². The van der Waals surface area contributed by atoms with Crippen LogP contribution in [0.4, 0.5) is 13.2 Å². The summed E-state index contributed by atoms with van der Waals surface area (Å²) in [5.41, 5.74) is -4.61. The lowest BCUT2D eigenvalue weighted by Gasteiger charge is -2.12. The molecule has 0 saturated heterocycles. The van der Waals surface area contributed by atoms with Gasteiger partial charge in [-0.05, 0) is 30.0 Å². The van der Waals surface area contributed by atoms with Crippen molar-refractivity contribution in [3.05, 3.63) is 77.6 Å². The molecule has 4 nitrogen and oxygen atoms in total. The van der Waals surface area contributed by atoms with Gasteiger partial charge in [0.25, 0.3) is 0 Å². The fourth-order valence-corrected chi connectivity index (χ4v) is 5.97. The van der Waals surface area contributed by atoms with Crippen LogP contribution in [0.15, 0.2) is 69.1 Å². The predicted molar refractivity (Wildman–Crippen MR) is 99.5 cm³/mol. The molecule has 0 amide bonds. The zero-order chi connectivity index (χ0) is 21.7. The van der Waals surface area contributed by atoms with E-state index < -0.39 is 15.6 Å². The molecule has 0 radical (unpaired) electrons. The number of carbonyl (C=O) groups is 1. The highest BCUT2D eigenvalue weighted by atomic mass is 127. The van der Waals surface area contributed by atoms with Crippen molar-refractivity contribution in [1.82, 2.24) is 0 Å². The lowest BCUT2D eigenvalue weighted by atomic mass is 9.95. The van der Waals surface area contributed by atoms with E-state index in [1.165, 1.54) is 18.5 Å². The number of hydrogen-bond donors (Lipinski definition) is 0. The third-order valence-corrected chi connectivity index (χ3v) is 8.67. The molecule has 0 fully saturated rings. The summed E-state index contributed by atoms with van der Waals surface area (Å²) in [6, 6.07) is 14.5. The number of ketones is 1. The van der Waals surface area contributed by atoms with Gasteiger partial charge in [0.15, 0.2) is 17.3 Å². The maximum Gasteiger partial charge on any atom is 0.485 e. The van der Waals surface area contributed by atoms with Crippen molar-refractivity contribution >= 4 is 27.2 Å². The normalized spacial score (nSPS) is 16.9. The first-order valence-electron chi connectivity index (χ1n) is 8.20. The second-order valence-corrected chi connectivity index (χ2v) is 11.1. The van der Waals surface area contributed by atoms with Crippen molar-refractivity contribution < 1.29 is 52.1 Å². The average Bonchev–Trinajstić information content (AvgIpc) is 3.17. The molecule has 156 valence electrons. The third kappa shape index (κ3) is 6.76. The van der Waals surface area contributed by atoms with Crippen LogP contribution < -0.4 is 21.2 Å². The third-order valence-electron chi connectivity index (χ3n) is 3.68. The summed E-state index contributed by atoms with van der Waals surface area (Å²) in [6.07, 6.45) is 5.16. The number of alkyl halides is 3. The van der Waals surface area contributed by atoms with Gasteiger partial charge in [-0.1, -0.05) is 43.3 Å². The highest BCUT2D eigenvalue weighted by molar-refractivity contribution is 7.86. The van der Waals surface area contributed by atoms with E-state index in [0.29, 0.717) is 5.92 Å². The van der Waals surface area contributed by atoms with Gasteiger partial charge in [-0.15, -0.1) is 11.3 Å². The van der Waals surface area contributed by atoms with Crippen molar-refractivity contribution in [3.8, 4) is 0 Å². The largest absolute Gasteiger partial charge is 0.741 e. The van der Waals surface area contributed by atoms with E-state index in [-0.39, 0.29) is 27.0 Å². The van der Waals surface area contributed by atoms with Crippen LogP contribution in [0, 0.1) is 9.49 Å². The van der Waals surface area contributed by atoms with E-state index in [1.54, 1.807) is 0 Å². The van der Waals surface area contributed by atoms with Crippen LogP contribution >= 0.6 is 11.3 Å². The van der Waals surface area contributed by atoms with Crippen molar-refractivity contribution in [3.63, 3.8) is 0 Å². The minimum atomic E-state index is -6.09. The number of rotatable bonds is 4. The summed E-state index contributed by atoms with van der Waals surface area (Å²) in [7, 11) is -6.09. The van der Waals surface area contributed by atoms with Gasteiger partial charge in [0.1, 0.15) is 0 Å². The number of allylic oxidation sites excluding steroid dienone is 4. The first-order valence-corrected chi connectivity index (χ1v) is 12.6. The fraction of sp³-hybridized carbons (Fsp3) is 0.211. The predicted octanol–water partition coefficient (Wildman–Crippen LogP) is 1.79. The summed E-state index contributed by atoms with van der Waals surface area (Å²) in [5, 5.41) is 1.97. The van der Waals surface area contributed by atoms with E-state index in [0.717, 1.165) is 16.9 Å². The van der Waals surface area contributed by atoms with Gasteiger partial charge < -0.3 is 4.55 Å². The summed E-state index contributed by atoms with van der Waals surface area (Å²) in [6.45, 7) is 2.20. The minimum Gasteiger partial charge on any atom is -0.741 e. The average molecular weight is 556 g/mol. The molecule has 0 spiro atoms. The summed E-state index contributed by atoms with van der Waals surface area (Å²) >= 11 is 1.27.